The van der Waals surface area contributed by atoms with Gasteiger partial charge in [0.2, 0.25) is 10.0 Å². The molecule has 1 N–H and O–H groups in total. The first-order valence-corrected chi connectivity index (χ1v) is 12.6. The first-order chi connectivity index (χ1) is 14.6. The number of carbonyl (C=O) groups is 2. The third-order valence-electron chi connectivity index (χ3n) is 5.62. The Morgan fingerprint density at radius 3 is 2.29 bits per heavy atom. The van der Waals surface area contributed by atoms with Gasteiger partial charge < -0.3 is 10.1 Å². The summed E-state index contributed by atoms with van der Waals surface area (Å²) in [6, 6.07) is 6.79. The molecule has 1 saturated heterocycles. The minimum absolute atomic E-state index is 0.0418. The van der Waals surface area contributed by atoms with Gasteiger partial charge >= 0.3 is 5.97 Å². The van der Waals surface area contributed by atoms with Crippen LogP contribution in [0.1, 0.15) is 58.4 Å². The second kappa shape index (κ2) is 11.6. The monoisotopic (exact) mass is 452 g/mol. The molecule has 174 valence electrons. The summed E-state index contributed by atoms with van der Waals surface area (Å²) >= 11 is 0. The number of sulfonamides is 1. The van der Waals surface area contributed by atoms with E-state index in [9.17, 15) is 18.0 Å². The van der Waals surface area contributed by atoms with E-state index in [0.717, 1.165) is 24.8 Å². The van der Waals surface area contributed by atoms with Gasteiger partial charge in [-0.1, -0.05) is 44.4 Å². The van der Waals surface area contributed by atoms with Crippen molar-refractivity contribution in [1.82, 2.24) is 9.62 Å². The topological polar surface area (TPSA) is 92.8 Å². The normalized spacial score (nSPS) is 16.8. The Balaban J connectivity index is 1.74. The van der Waals surface area contributed by atoms with Gasteiger partial charge in [-0.15, -0.1) is 0 Å². The first-order valence-electron chi connectivity index (χ1n) is 11.1. The highest BCUT2D eigenvalue weighted by Gasteiger charge is 2.33. The van der Waals surface area contributed by atoms with Crippen LogP contribution in [0.25, 0.3) is 0 Å². The Bertz CT molecular complexity index is 828. The second-order valence-corrected chi connectivity index (χ2v) is 10.8. The maximum absolute atomic E-state index is 12.8. The maximum atomic E-state index is 12.8. The zero-order chi connectivity index (χ0) is 23.0. The summed E-state index contributed by atoms with van der Waals surface area (Å²) in [5.41, 5.74) is 0.995. The molecule has 0 aliphatic carbocycles. The molecule has 2 rings (SSSR count). The number of esters is 1. The lowest BCUT2D eigenvalue weighted by atomic mass is 9.98. The minimum Gasteiger partial charge on any atom is -0.455 e. The fourth-order valence-electron chi connectivity index (χ4n) is 3.67. The van der Waals surface area contributed by atoms with E-state index >= 15 is 0 Å². The van der Waals surface area contributed by atoms with Gasteiger partial charge in [0.15, 0.2) is 6.61 Å². The molecule has 1 heterocycles. The van der Waals surface area contributed by atoms with Crippen molar-refractivity contribution in [3.8, 4) is 0 Å². The quantitative estimate of drug-likeness (QED) is 0.550. The number of nitrogens with one attached hydrogen (secondary N) is 1. The molecule has 1 amide bonds. The molecule has 1 aromatic rings. The van der Waals surface area contributed by atoms with Crippen LogP contribution in [-0.2, 0) is 24.3 Å². The molecule has 1 aromatic carbocycles. The van der Waals surface area contributed by atoms with E-state index in [1.54, 1.807) is 24.3 Å². The van der Waals surface area contributed by atoms with Gasteiger partial charge in [0.1, 0.15) is 0 Å². The Kier molecular flexibility index (Phi) is 9.50. The molecule has 7 nitrogen and oxygen atoms in total. The second-order valence-electron chi connectivity index (χ2n) is 8.89. The van der Waals surface area contributed by atoms with Crippen molar-refractivity contribution in [3.05, 3.63) is 29.8 Å². The van der Waals surface area contributed by atoms with Crippen LogP contribution in [-0.4, -0.2) is 50.3 Å². The lowest BCUT2D eigenvalue weighted by molar-refractivity contribution is -0.153. The van der Waals surface area contributed by atoms with E-state index in [1.807, 2.05) is 13.8 Å². The minimum atomic E-state index is -3.56. The highest BCUT2D eigenvalue weighted by atomic mass is 32.2. The third kappa shape index (κ3) is 7.92. The largest absolute Gasteiger partial charge is 0.455 e. The SMILES string of the molecule is Cc1ccc(S(=O)(=O)N2CCC(C(=O)OCC(=O)NC(C)CCCC(C)C)CC2)cc1. The Hall–Kier alpha value is -1.93. The highest BCUT2D eigenvalue weighted by molar-refractivity contribution is 7.89. The van der Waals surface area contributed by atoms with E-state index in [4.69, 9.17) is 4.74 Å². The Morgan fingerprint density at radius 2 is 1.71 bits per heavy atom. The molecule has 8 heteroatoms. The predicted octanol–water partition coefficient (Wildman–Crippen LogP) is 3.27. The molecule has 0 saturated carbocycles. The zero-order valence-electron chi connectivity index (χ0n) is 19.1. The predicted molar refractivity (Wildman–Crippen MR) is 120 cm³/mol. The van der Waals surface area contributed by atoms with Crippen molar-refractivity contribution in [2.45, 2.75) is 70.7 Å². The van der Waals surface area contributed by atoms with Crippen LogP contribution in [0, 0.1) is 18.8 Å². The number of ether oxygens (including phenoxy) is 1. The van der Waals surface area contributed by atoms with Gasteiger partial charge in [-0.3, -0.25) is 9.59 Å². The molecule has 1 fully saturated rings. The van der Waals surface area contributed by atoms with Crippen LogP contribution in [0.3, 0.4) is 0 Å². The number of nitrogens with zero attached hydrogens (tertiary/aromatic N) is 1. The van der Waals surface area contributed by atoms with Crippen molar-refractivity contribution in [1.29, 1.82) is 0 Å². The third-order valence-corrected chi connectivity index (χ3v) is 7.53. The van der Waals surface area contributed by atoms with Gasteiger partial charge in [0.05, 0.1) is 10.8 Å². The molecule has 0 spiro atoms. The number of aryl methyl sites for hydroxylation is 1. The zero-order valence-corrected chi connectivity index (χ0v) is 19.9. The molecular formula is C23H36N2O5S. The molecular weight excluding hydrogens is 416 g/mol. The van der Waals surface area contributed by atoms with E-state index in [2.05, 4.69) is 19.2 Å². The average molecular weight is 453 g/mol. The van der Waals surface area contributed by atoms with Crippen LogP contribution in [0.4, 0.5) is 0 Å². The van der Waals surface area contributed by atoms with E-state index < -0.39 is 16.0 Å². The number of hydrogen-bond acceptors (Lipinski definition) is 5. The summed E-state index contributed by atoms with van der Waals surface area (Å²) in [5, 5.41) is 2.86. The summed E-state index contributed by atoms with van der Waals surface area (Å²) in [6.45, 7) is 8.42. The molecule has 1 atom stereocenters. The van der Waals surface area contributed by atoms with Gasteiger partial charge in [0.25, 0.3) is 5.91 Å². The number of benzene rings is 1. The fourth-order valence-corrected chi connectivity index (χ4v) is 5.14. The smallest absolute Gasteiger partial charge is 0.309 e. The molecule has 0 aromatic heterocycles. The Morgan fingerprint density at radius 1 is 1.10 bits per heavy atom. The van der Waals surface area contributed by atoms with Crippen LogP contribution < -0.4 is 5.32 Å². The van der Waals surface area contributed by atoms with Gasteiger partial charge in [-0.2, -0.15) is 4.31 Å². The van der Waals surface area contributed by atoms with E-state index in [-0.39, 0.29) is 42.5 Å². The lowest BCUT2D eigenvalue weighted by Gasteiger charge is -2.30. The molecule has 1 unspecified atom stereocenters. The van der Waals surface area contributed by atoms with Crippen LogP contribution in [0.2, 0.25) is 0 Å². The van der Waals surface area contributed by atoms with Gasteiger partial charge in [-0.05, 0) is 51.2 Å². The molecule has 1 aliphatic rings. The standard InChI is InChI=1S/C23H36N2O5S/c1-17(2)6-5-7-19(4)24-22(26)16-30-23(27)20-12-14-25(15-13-20)31(28,29)21-10-8-18(3)9-11-21/h8-11,17,19-20H,5-7,12-16H2,1-4H3,(H,24,26). The van der Waals surface area contributed by atoms with Crippen molar-refractivity contribution in [3.63, 3.8) is 0 Å². The number of hydrogen-bond donors (Lipinski definition) is 1. The van der Waals surface area contributed by atoms with Crippen LogP contribution >= 0.6 is 0 Å². The maximum Gasteiger partial charge on any atom is 0.309 e. The summed E-state index contributed by atoms with van der Waals surface area (Å²) in [6.07, 6.45) is 3.83. The summed E-state index contributed by atoms with van der Waals surface area (Å²) < 4.78 is 32.1. The molecule has 31 heavy (non-hydrogen) atoms. The average Bonchev–Trinajstić information content (AvgIpc) is 2.72. The van der Waals surface area contributed by atoms with Crippen molar-refractivity contribution in [2.75, 3.05) is 19.7 Å². The number of piperidine rings is 1. The van der Waals surface area contributed by atoms with E-state index in [0.29, 0.717) is 18.8 Å². The number of rotatable bonds is 10. The summed E-state index contributed by atoms with van der Waals surface area (Å²) in [7, 11) is -3.56. The lowest BCUT2D eigenvalue weighted by Crippen LogP contribution is -2.41. The molecule has 1 aliphatic heterocycles. The van der Waals surface area contributed by atoms with Crippen LogP contribution in [0.15, 0.2) is 29.2 Å². The van der Waals surface area contributed by atoms with E-state index in [1.165, 1.54) is 4.31 Å². The summed E-state index contributed by atoms with van der Waals surface area (Å²) in [5.74, 6) is -0.484. The van der Waals surface area contributed by atoms with Crippen molar-refractivity contribution < 1.29 is 22.7 Å². The Labute approximate surface area is 186 Å². The van der Waals surface area contributed by atoms with Crippen molar-refractivity contribution >= 4 is 21.9 Å². The highest BCUT2D eigenvalue weighted by Crippen LogP contribution is 2.24. The molecule has 0 radical (unpaired) electrons. The summed E-state index contributed by atoms with van der Waals surface area (Å²) in [4.78, 5) is 24.6. The number of carbonyl (C=O) groups excluding carboxylic acids is 2. The molecule has 0 bridgehead atoms. The van der Waals surface area contributed by atoms with Gasteiger partial charge in [-0.25, -0.2) is 8.42 Å². The van der Waals surface area contributed by atoms with Crippen molar-refractivity contribution in [2.24, 2.45) is 11.8 Å². The first kappa shape index (κ1) is 25.3. The fraction of sp³-hybridized carbons (Fsp3) is 0.652. The van der Waals surface area contributed by atoms with Gasteiger partial charge in [0, 0.05) is 19.1 Å². The van der Waals surface area contributed by atoms with Crippen LogP contribution in [0.5, 0.6) is 0 Å². The number of amides is 1.